The number of rotatable bonds is 4. The smallest absolute Gasteiger partial charge is 0.407 e. The van der Waals surface area contributed by atoms with Crippen LogP contribution in [0.15, 0.2) is 0 Å². The number of likely N-dealkylation sites (tertiary alicyclic amines) is 1. The number of carbonyl (C=O) groups is 1. The fourth-order valence-corrected chi connectivity index (χ4v) is 1.61. The van der Waals surface area contributed by atoms with Gasteiger partial charge in [0.25, 0.3) is 0 Å². The van der Waals surface area contributed by atoms with Gasteiger partial charge in [0.15, 0.2) is 0 Å². The number of carboxylic acid groups (broad SMARTS) is 1. The largest absolute Gasteiger partial charge is 0.465 e. The number of piperidine rings is 1. The summed E-state index contributed by atoms with van der Waals surface area (Å²) >= 11 is 0. The molecule has 7 heteroatoms. The number of hydrogen-bond acceptors (Lipinski definition) is 4. The molecular formula is C10H21ClN2O4. The van der Waals surface area contributed by atoms with Gasteiger partial charge in [-0.2, -0.15) is 0 Å². The van der Waals surface area contributed by atoms with Crippen molar-refractivity contribution in [1.82, 2.24) is 4.90 Å². The van der Waals surface area contributed by atoms with Gasteiger partial charge < -0.3 is 25.2 Å². The second-order valence-corrected chi connectivity index (χ2v) is 4.10. The number of nitrogens with two attached hydrogens (primary N) is 1. The zero-order valence-corrected chi connectivity index (χ0v) is 11.0. The summed E-state index contributed by atoms with van der Waals surface area (Å²) in [4.78, 5) is 12.1. The minimum absolute atomic E-state index is 0. The topological polar surface area (TPSA) is 85.0 Å². The van der Waals surface area contributed by atoms with Crippen LogP contribution in [0.5, 0.6) is 0 Å². The summed E-state index contributed by atoms with van der Waals surface area (Å²) < 4.78 is 10.6. The molecule has 3 unspecified atom stereocenters. The van der Waals surface area contributed by atoms with E-state index in [1.807, 2.05) is 6.92 Å². The molecule has 0 aromatic carbocycles. The van der Waals surface area contributed by atoms with Gasteiger partial charge in [-0.25, -0.2) is 4.79 Å². The molecule has 0 saturated carbocycles. The van der Waals surface area contributed by atoms with Crippen LogP contribution in [-0.2, 0) is 9.47 Å². The second-order valence-electron chi connectivity index (χ2n) is 4.10. The summed E-state index contributed by atoms with van der Waals surface area (Å²) in [5.41, 5.74) is 5.88. The summed E-state index contributed by atoms with van der Waals surface area (Å²) in [5, 5.41) is 8.87. The molecule has 1 heterocycles. The third-order valence-electron chi connectivity index (χ3n) is 2.83. The van der Waals surface area contributed by atoms with Crippen LogP contribution in [0, 0.1) is 0 Å². The van der Waals surface area contributed by atoms with E-state index in [2.05, 4.69) is 0 Å². The van der Waals surface area contributed by atoms with Crippen molar-refractivity contribution in [3.05, 3.63) is 0 Å². The highest BCUT2D eigenvalue weighted by atomic mass is 35.5. The van der Waals surface area contributed by atoms with Crippen molar-refractivity contribution in [3.63, 3.8) is 0 Å². The molecule has 0 bridgehead atoms. The van der Waals surface area contributed by atoms with Gasteiger partial charge in [-0.3, -0.25) is 0 Å². The zero-order chi connectivity index (χ0) is 12.1. The van der Waals surface area contributed by atoms with Crippen molar-refractivity contribution in [1.29, 1.82) is 0 Å². The van der Waals surface area contributed by atoms with Crippen molar-refractivity contribution in [2.24, 2.45) is 5.73 Å². The van der Waals surface area contributed by atoms with Gasteiger partial charge in [0.1, 0.15) is 0 Å². The van der Waals surface area contributed by atoms with Gasteiger partial charge in [-0.1, -0.05) is 0 Å². The van der Waals surface area contributed by atoms with E-state index in [-0.39, 0.29) is 30.7 Å². The Morgan fingerprint density at radius 2 is 2.29 bits per heavy atom. The molecule has 0 radical (unpaired) electrons. The van der Waals surface area contributed by atoms with Crippen molar-refractivity contribution in [3.8, 4) is 0 Å². The number of hydrogen-bond donors (Lipinski definition) is 2. The molecule has 3 N–H and O–H groups in total. The fraction of sp³-hybridized carbons (Fsp3) is 0.900. The van der Waals surface area contributed by atoms with E-state index >= 15 is 0 Å². The number of nitrogens with zero attached hydrogens (tertiary/aromatic N) is 1. The molecule has 1 aliphatic rings. The molecule has 17 heavy (non-hydrogen) atoms. The Labute approximate surface area is 107 Å². The van der Waals surface area contributed by atoms with Crippen molar-refractivity contribution in [2.45, 2.75) is 31.6 Å². The first kappa shape index (κ1) is 16.4. The minimum atomic E-state index is -0.916. The molecule has 0 spiro atoms. The summed E-state index contributed by atoms with van der Waals surface area (Å²) in [6, 6.07) is -0.0975. The summed E-state index contributed by atoms with van der Waals surface area (Å²) in [6.45, 7) is 3.15. The van der Waals surface area contributed by atoms with E-state index in [1.165, 1.54) is 4.90 Å². The molecule has 6 nitrogen and oxygen atoms in total. The lowest BCUT2D eigenvalue weighted by Crippen LogP contribution is -2.53. The predicted molar refractivity (Wildman–Crippen MR) is 65.6 cm³/mol. The standard InChI is InChI=1S/C10H20N2O4.ClH/c1-7(15-2)6-16-9-5-12(10(13)14)4-3-8(9)11;/h7-9H,3-6,11H2,1-2H3,(H,13,14);1H. The lowest BCUT2D eigenvalue weighted by atomic mass is 10.0. The molecule has 102 valence electrons. The van der Waals surface area contributed by atoms with Gasteiger partial charge in [-0.15, -0.1) is 12.4 Å². The van der Waals surface area contributed by atoms with Crippen LogP contribution >= 0.6 is 12.4 Å². The fourth-order valence-electron chi connectivity index (χ4n) is 1.61. The quantitative estimate of drug-likeness (QED) is 0.777. The summed E-state index contributed by atoms with van der Waals surface area (Å²) in [6.07, 6.45) is -0.520. The lowest BCUT2D eigenvalue weighted by molar-refractivity contribution is -0.0506. The maximum absolute atomic E-state index is 10.8. The second kappa shape index (κ2) is 7.71. The van der Waals surface area contributed by atoms with Crippen LogP contribution in [0.3, 0.4) is 0 Å². The van der Waals surface area contributed by atoms with E-state index in [1.54, 1.807) is 7.11 Å². The SMILES string of the molecule is COC(C)COC1CN(C(=O)O)CCC1N.Cl. The normalized spacial score (nSPS) is 26.2. The van der Waals surface area contributed by atoms with Crippen molar-refractivity contribution in [2.75, 3.05) is 26.8 Å². The first-order valence-corrected chi connectivity index (χ1v) is 5.42. The van der Waals surface area contributed by atoms with Gasteiger partial charge in [0.05, 0.1) is 25.4 Å². The third-order valence-corrected chi connectivity index (χ3v) is 2.83. The highest BCUT2D eigenvalue weighted by Crippen LogP contribution is 2.13. The predicted octanol–water partition coefficient (Wildman–Crippen LogP) is 0.539. The van der Waals surface area contributed by atoms with E-state index in [0.29, 0.717) is 26.1 Å². The van der Waals surface area contributed by atoms with E-state index < -0.39 is 6.09 Å². The minimum Gasteiger partial charge on any atom is -0.465 e. The van der Waals surface area contributed by atoms with Gasteiger partial charge >= 0.3 is 6.09 Å². The van der Waals surface area contributed by atoms with E-state index in [4.69, 9.17) is 20.3 Å². The Hall–Kier alpha value is -0.560. The average molecular weight is 269 g/mol. The monoisotopic (exact) mass is 268 g/mol. The molecule has 1 rings (SSSR count). The first-order chi connectivity index (χ1) is 7.54. The Kier molecular flexibility index (Phi) is 7.45. The van der Waals surface area contributed by atoms with Crippen LogP contribution in [-0.4, -0.2) is 61.2 Å². The van der Waals surface area contributed by atoms with Crippen molar-refractivity contribution < 1.29 is 19.4 Å². The van der Waals surface area contributed by atoms with Crippen LogP contribution in [0.4, 0.5) is 4.79 Å². The maximum atomic E-state index is 10.8. The van der Waals surface area contributed by atoms with Crippen LogP contribution in [0.1, 0.15) is 13.3 Å². The highest BCUT2D eigenvalue weighted by molar-refractivity contribution is 5.85. The van der Waals surface area contributed by atoms with E-state index in [9.17, 15) is 4.79 Å². The van der Waals surface area contributed by atoms with Crippen LogP contribution < -0.4 is 5.73 Å². The number of methoxy groups -OCH3 is 1. The summed E-state index contributed by atoms with van der Waals surface area (Å²) in [5.74, 6) is 0. The first-order valence-electron chi connectivity index (χ1n) is 5.42. The van der Waals surface area contributed by atoms with Crippen LogP contribution in [0.2, 0.25) is 0 Å². The molecule has 0 aliphatic carbocycles. The molecular weight excluding hydrogens is 248 g/mol. The van der Waals surface area contributed by atoms with E-state index in [0.717, 1.165) is 0 Å². The molecule has 1 aliphatic heterocycles. The molecule has 1 amide bonds. The average Bonchev–Trinajstić information content (AvgIpc) is 2.27. The molecule has 1 saturated heterocycles. The van der Waals surface area contributed by atoms with Crippen LogP contribution in [0.25, 0.3) is 0 Å². The van der Waals surface area contributed by atoms with Crippen molar-refractivity contribution >= 4 is 18.5 Å². The molecule has 3 atom stereocenters. The molecule has 1 fully saturated rings. The van der Waals surface area contributed by atoms with Gasteiger partial charge in [0, 0.05) is 19.7 Å². The van der Waals surface area contributed by atoms with Gasteiger partial charge in [0.2, 0.25) is 0 Å². The molecule has 0 aromatic heterocycles. The number of amides is 1. The summed E-state index contributed by atoms with van der Waals surface area (Å²) in [7, 11) is 1.61. The molecule has 0 aromatic rings. The lowest BCUT2D eigenvalue weighted by Gasteiger charge is -2.35. The Morgan fingerprint density at radius 3 is 2.82 bits per heavy atom. The number of ether oxygens (including phenoxy) is 2. The number of halogens is 1. The Bertz CT molecular complexity index is 242. The highest BCUT2D eigenvalue weighted by Gasteiger charge is 2.29. The Balaban J connectivity index is 0.00000256. The maximum Gasteiger partial charge on any atom is 0.407 e. The van der Waals surface area contributed by atoms with Gasteiger partial charge in [-0.05, 0) is 13.3 Å². The Morgan fingerprint density at radius 1 is 1.65 bits per heavy atom. The zero-order valence-electron chi connectivity index (χ0n) is 10.2. The third kappa shape index (κ3) is 5.08.